The highest BCUT2D eigenvalue weighted by Gasteiger charge is 1.85. The fourth-order valence-corrected chi connectivity index (χ4v) is 1.77. The summed E-state index contributed by atoms with van der Waals surface area (Å²) in [5.74, 6) is 0. The van der Waals surface area contributed by atoms with Crippen molar-refractivity contribution in [2.24, 2.45) is 0 Å². The normalized spacial score (nSPS) is 15.8. The topological polar surface area (TPSA) is 0 Å². The predicted octanol–water partition coefficient (Wildman–Crippen LogP) is 3.48. The Kier molecular flexibility index (Phi) is 8.34. The third kappa shape index (κ3) is 8.18. The van der Waals surface area contributed by atoms with E-state index in [1.807, 2.05) is 49.5 Å². The minimum atomic E-state index is 1.22. The fraction of sp³-hybridized carbons (Fsp3) is 0.429. The number of rotatable bonds is 0. The quantitative estimate of drug-likeness (QED) is 0.498. The molecule has 0 spiro atoms. The molecule has 0 amide bonds. The summed E-state index contributed by atoms with van der Waals surface area (Å²) in [5, 5.41) is 5.45. The SMILES string of the molecule is C1=CSCS1.CC=CC. The summed E-state index contributed by atoms with van der Waals surface area (Å²) in [6.07, 6.45) is 4.00. The van der Waals surface area contributed by atoms with E-state index < -0.39 is 0 Å². The summed E-state index contributed by atoms with van der Waals surface area (Å²) >= 11 is 3.71. The first-order valence-electron chi connectivity index (χ1n) is 2.87. The molecule has 0 aromatic rings. The lowest BCUT2D eigenvalue weighted by Crippen LogP contribution is -1.42. The van der Waals surface area contributed by atoms with Crippen molar-refractivity contribution < 1.29 is 0 Å². The van der Waals surface area contributed by atoms with Crippen LogP contribution in [-0.2, 0) is 0 Å². The minimum absolute atomic E-state index is 1.22. The molecule has 0 unspecified atom stereocenters. The van der Waals surface area contributed by atoms with Crippen LogP contribution in [0, 0.1) is 0 Å². The van der Waals surface area contributed by atoms with Gasteiger partial charge in [-0.25, -0.2) is 0 Å². The lowest BCUT2D eigenvalue weighted by atomic mass is 10.6. The van der Waals surface area contributed by atoms with E-state index in [0.29, 0.717) is 0 Å². The van der Waals surface area contributed by atoms with Crippen LogP contribution in [0.1, 0.15) is 13.8 Å². The molecule has 1 heterocycles. The van der Waals surface area contributed by atoms with Crippen LogP contribution in [0.5, 0.6) is 0 Å². The molecule has 0 saturated heterocycles. The Morgan fingerprint density at radius 2 is 1.56 bits per heavy atom. The summed E-state index contributed by atoms with van der Waals surface area (Å²) < 4.78 is 0. The minimum Gasteiger partial charge on any atom is -0.122 e. The van der Waals surface area contributed by atoms with Gasteiger partial charge in [-0.15, -0.1) is 23.5 Å². The molecule has 0 saturated carbocycles. The van der Waals surface area contributed by atoms with E-state index in [4.69, 9.17) is 0 Å². The smallest absolute Gasteiger partial charge is 0.0475 e. The van der Waals surface area contributed by atoms with Crippen LogP contribution >= 0.6 is 23.5 Å². The molecule has 0 radical (unpaired) electrons. The Morgan fingerprint density at radius 1 is 1.11 bits per heavy atom. The van der Waals surface area contributed by atoms with Crippen molar-refractivity contribution in [2.75, 3.05) is 5.08 Å². The number of allylic oxidation sites excluding steroid dienone is 2. The molecule has 0 aliphatic carbocycles. The first-order chi connectivity index (χ1) is 4.41. The van der Waals surface area contributed by atoms with Gasteiger partial charge in [0.15, 0.2) is 0 Å². The van der Waals surface area contributed by atoms with Crippen LogP contribution in [0.4, 0.5) is 0 Å². The van der Waals surface area contributed by atoms with Gasteiger partial charge in [0.05, 0.1) is 0 Å². The van der Waals surface area contributed by atoms with Gasteiger partial charge < -0.3 is 0 Å². The van der Waals surface area contributed by atoms with E-state index >= 15 is 0 Å². The second-order valence-corrected chi connectivity index (χ2v) is 3.54. The molecular weight excluding hydrogens is 148 g/mol. The van der Waals surface area contributed by atoms with Gasteiger partial charge in [-0.05, 0) is 24.7 Å². The van der Waals surface area contributed by atoms with E-state index in [-0.39, 0.29) is 0 Å². The lowest BCUT2D eigenvalue weighted by molar-refractivity contribution is 1.64. The highest BCUT2D eigenvalue weighted by Crippen LogP contribution is 2.22. The van der Waals surface area contributed by atoms with Gasteiger partial charge in [0.2, 0.25) is 0 Å². The van der Waals surface area contributed by atoms with Crippen molar-refractivity contribution in [3.8, 4) is 0 Å². The first-order valence-corrected chi connectivity index (χ1v) is 4.97. The molecule has 0 aromatic carbocycles. The Balaban J connectivity index is 0.000000148. The molecule has 1 aliphatic heterocycles. The molecule has 1 aliphatic rings. The van der Waals surface area contributed by atoms with Gasteiger partial charge in [0, 0.05) is 5.08 Å². The van der Waals surface area contributed by atoms with Crippen molar-refractivity contribution >= 4 is 23.5 Å². The molecule has 9 heavy (non-hydrogen) atoms. The van der Waals surface area contributed by atoms with Crippen molar-refractivity contribution in [3.05, 3.63) is 23.0 Å². The lowest BCUT2D eigenvalue weighted by Gasteiger charge is -1.69. The van der Waals surface area contributed by atoms with Crippen LogP contribution in [0.2, 0.25) is 0 Å². The highest BCUT2D eigenvalue weighted by molar-refractivity contribution is 8.21. The molecule has 0 atom stereocenters. The largest absolute Gasteiger partial charge is 0.122 e. The van der Waals surface area contributed by atoms with Crippen molar-refractivity contribution in [1.29, 1.82) is 0 Å². The van der Waals surface area contributed by atoms with Gasteiger partial charge in [-0.1, -0.05) is 12.2 Å². The molecule has 52 valence electrons. The number of thioether (sulfide) groups is 2. The monoisotopic (exact) mass is 160 g/mol. The zero-order valence-electron chi connectivity index (χ0n) is 5.83. The third-order valence-corrected chi connectivity index (χ3v) is 2.64. The molecular formula is C7H12S2. The summed E-state index contributed by atoms with van der Waals surface area (Å²) in [7, 11) is 0. The maximum atomic E-state index is 2.12. The summed E-state index contributed by atoms with van der Waals surface area (Å²) in [4.78, 5) is 0. The average molecular weight is 160 g/mol. The summed E-state index contributed by atoms with van der Waals surface area (Å²) in [5.41, 5.74) is 0. The molecule has 2 heteroatoms. The molecule has 0 N–H and O–H groups in total. The second kappa shape index (κ2) is 8.18. The Morgan fingerprint density at radius 3 is 1.67 bits per heavy atom. The van der Waals surface area contributed by atoms with Gasteiger partial charge in [-0.2, -0.15) is 0 Å². The van der Waals surface area contributed by atoms with E-state index in [9.17, 15) is 0 Å². The third-order valence-electron chi connectivity index (χ3n) is 0.717. The predicted molar refractivity (Wildman–Crippen MR) is 49.7 cm³/mol. The Hall–Kier alpha value is 0.180. The van der Waals surface area contributed by atoms with E-state index in [0.717, 1.165) is 0 Å². The van der Waals surface area contributed by atoms with Gasteiger partial charge in [0.25, 0.3) is 0 Å². The van der Waals surface area contributed by atoms with E-state index in [1.54, 1.807) is 0 Å². The Labute approximate surface area is 65.8 Å². The fourth-order valence-electron chi connectivity index (χ4n) is 0.196. The van der Waals surface area contributed by atoms with E-state index in [1.165, 1.54) is 5.08 Å². The van der Waals surface area contributed by atoms with Crippen LogP contribution in [0.25, 0.3) is 0 Å². The van der Waals surface area contributed by atoms with Gasteiger partial charge >= 0.3 is 0 Å². The molecule has 0 bridgehead atoms. The average Bonchev–Trinajstić information content (AvgIpc) is 2.43. The molecule has 0 fully saturated rings. The molecule has 0 nitrogen and oxygen atoms in total. The summed E-state index contributed by atoms with van der Waals surface area (Å²) in [6.45, 7) is 4.00. The van der Waals surface area contributed by atoms with Crippen LogP contribution in [0.15, 0.2) is 23.0 Å². The van der Waals surface area contributed by atoms with Gasteiger partial charge in [-0.3, -0.25) is 0 Å². The van der Waals surface area contributed by atoms with Crippen LogP contribution in [0.3, 0.4) is 0 Å². The highest BCUT2D eigenvalue weighted by atomic mass is 32.2. The summed E-state index contributed by atoms with van der Waals surface area (Å²) in [6, 6.07) is 0. The van der Waals surface area contributed by atoms with Crippen LogP contribution < -0.4 is 0 Å². The van der Waals surface area contributed by atoms with Crippen molar-refractivity contribution in [2.45, 2.75) is 13.8 Å². The Bertz CT molecular complexity index is 85.1. The maximum Gasteiger partial charge on any atom is 0.0475 e. The number of hydrogen-bond donors (Lipinski definition) is 0. The molecule has 0 aromatic heterocycles. The van der Waals surface area contributed by atoms with Crippen LogP contribution in [-0.4, -0.2) is 5.08 Å². The second-order valence-electron chi connectivity index (χ2n) is 1.39. The van der Waals surface area contributed by atoms with Gasteiger partial charge in [0.1, 0.15) is 0 Å². The van der Waals surface area contributed by atoms with Crippen molar-refractivity contribution in [3.63, 3.8) is 0 Å². The zero-order chi connectivity index (χ0) is 6.95. The standard InChI is InChI=1S/C4H8.C3H4S2/c1-3-4-2;1-2-5-3-4-1/h3-4H,1-2H3;1-2H,3H2. The van der Waals surface area contributed by atoms with Crippen molar-refractivity contribution in [1.82, 2.24) is 0 Å². The molecule has 1 rings (SSSR count). The maximum absolute atomic E-state index is 2.12. The first kappa shape index (κ1) is 9.18. The zero-order valence-corrected chi connectivity index (χ0v) is 7.47. The van der Waals surface area contributed by atoms with E-state index in [2.05, 4.69) is 10.8 Å². The number of hydrogen-bond acceptors (Lipinski definition) is 2.